The van der Waals surface area contributed by atoms with Gasteiger partial charge in [0.2, 0.25) is 0 Å². The summed E-state index contributed by atoms with van der Waals surface area (Å²) in [5.41, 5.74) is 0. The molecular formula is C6H8O6. The van der Waals surface area contributed by atoms with Crippen molar-refractivity contribution in [2.75, 3.05) is 0 Å². The quantitative estimate of drug-likeness (QED) is 0.349. The van der Waals surface area contributed by atoms with Crippen molar-refractivity contribution in [1.82, 2.24) is 0 Å². The van der Waals surface area contributed by atoms with Crippen LogP contribution in [0, 0.1) is 0 Å². The molecule has 0 bridgehead atoms. The Morgan fingerprint density at radius 3 is 2.42 bits per heavy atom. The molecule has 2 heterocycles. The first-order chi connectivity index (χ1) is 5.61. The molecule has 0 radical (unpaired) electrons. The molecule has 2 aliphatic heterocycles. The van der Waals surface area contributed by atoms with E-state index in [1.165, 1.54) is 0 Å². The van der Waals surface area contributed by atoms with Crippen LogP contribution in [0.2, 0.25) is 0 Å². The molecule has 2 fully saturated rings. The molecular weight excluding hydrogens is 168 g/mol. The van der Waals surface area contributed by atoms with Crippen molar-refractivity contribution in [3.05, 3.63) is 0 Å². The number of ether oxygens (including phenoxy) is 2. The fraction of sp³-hybridized carbons (Fsp3) is 0.833. The van der Waals surface area contributed by atoms with Crippen molar-refractivity contribution >= 4 is 5.97 Å². The molecule has 3 N–H and O–H groups in total. The largest absolute Gasteiger partial charge is 0.454 e. The summed E-state index contributed by atoms with van der Waals surface area (Å²) in [7, 11) is 0. The zero-order valence-electron chi connectivity index (χ0n) is 5.95. The summed E-state index contributed by atoms with van der Waals surface area (Å²) in [5.74, 6) is -0.823. The fourth-order valence-electron chi connectivity index (χ4n) is 1.40. The maximum Gasteiger partial charge on any atom is 0.338 e. The van der Waals surface area contributed by atoms with Crippen LogP contribution in [0.1, 0.15) is 0 Å². The van der Waals surface area contributed by atoms with Gasteiger partial charge in [0.15, 0.2) is 18.5 Å². The maximum atomic E-state index is 10.7. The second kappa shape index (κ2) is 2.40. The number of hydrogen-bond acceptors (Lipinski definition) is 6. The van der Waals surface area contributed by atoms with Crippen molar-refractivity contribution in [2.45, 2.75) is 30.7 Å². The number of aliphatic hydroxyl groups is 3. The molecule has 6 heteroatoms. The third-order valence-electron chi connectivity index (χ3n) is 2.05. The van der Waals surface area contributed by atoms with Gasteiger partial charge < -0.3 is 24.8 Å². The molecule has 0 aromatic carbocycles. The summed E-state index contributed by atoms with van der Waals surface area (Å²) in [6, 6.07) is 0. The van der Waals surface area contributed by atoms with Gasteiger partial charge in [0.1, 0.15) is 12.2 Å². The highest BCUT2D eigenvalue weighted by molar-refractivity contribution is 5.78. The number of aliphatic hydroxyl groups excluding tert-OH is 3. The van der Waals surface area contributed by atoms with Gasteiger partial charge in [-0.1, -0.05) is 0 Å². The summed E-state index contributed by atoms with van der Waals surface area (Å²) >= 11 is 0. The molecule has 0 saturated carbocycles. The highest BCUT2D eigenvalue weighted by atomic mass is 16.7. The van der Waals surface area contributed by atoms with E-state index in [1.54, 1.807) is 0 Å². The van der Waals surface area contributed by atoms with E-state index in [9.17, 15) is 4.79 Å². The normalized spacial score (nSPS) is 52.2. The van der Waals surface area contributed by atoms with Gasteiger partial charge in [-0.25, -0.2) is 4.79 Å². The van der Waals surface area contributed by atoms with E-state index in [0.717, 1.165) is 0 Å². The molecule has 2 saturated heterocycles. The Bertz CT molecular complexity index is 216. The number of hydrogen-bond donors (Lipinski definition) is 3. The molecule has 0 amide bonds. The van der Waals surface area contributed by atoms with E-state index in [4.69, 9.17) is 15.3 Å². The lowest BCUT2D eigenvalue weighted by atomic mass is 10.1. The molecule has 2 aliphatic rings. The number of esters is 1. The maximum absolute atomic E-state index is 10.7. The molecule has 0 aromatic heterocycles. The Morgan fingerprint density at radius 1 is 1.17 bits per heavy atom. The van der Waals surface area contributed by atoms with Crippen LogP contribution in [0.15, 0.2) is 0 Å². The lowest BCUT2D eigenvalue weighted by molar-refractivity contribution is -0.168. The monoisotopic (exact) mass is 176 g/mol. The van der Waals surface area contributed by atoms with Crippen molar-refractivity contribution in [2.24, 2.45) is 0 Å². The predicted octanol–water partition coefficient (Wildman–Crippen LogP) is -2.65. The molecule has 2 unspecified atom stereocenters. The number of carbonyl (C=O) groups excluding carboxylic acids is 1. The second-order valence-electron chi connectivity index (χ2n) is 2.83. The first-order valence-electron chi connectivity index (χ1n) is 3.51. The Kier molecular flexibility index (Phi) is 1.58. The summed E-state index contributed by atoms with van der Waals surface area (Å²) < 4.78 is 9.25. The van der Waals surface area contributed by atoms with Crippen LogP contribution >= 0.6 is 0 Å². The van der Waals surface area contributed by atoms with Crippen molar-refractivity contribution in [1.29, 1.82) is 0 Å². The fourth-order valence-corrected chi connectivity index (χ4v) is 1.40. The lowest BCUT2D eigenvalue weighted by Gasteiger charge is -2.10. The van der Waals surface area contributed by atoms with Gasteiger partial charge in [0, 0.05) is 0 Å². The molecule has 0 aromatic rings. The molecule has 68 valence electrons. The zero-order chi connectivity index (χ0) is 8.88. The Balaban J connectivity index is 2.19. The van der Waals surface area contributed by atoms with Gasteiger partial charge in [0.25, 0.3) is 0 Å². The van der Waals surface area contributed by atoms with E-state index >= 15 is 0 Å². The third kappa shape index (κ3) is 0.862. The molecule has 5 atom stereocenters. The topological polar surface area (TPSA) is 96.2 Å². The van der Waals surface area contributed by atoms with Gasteiger partial charge in [-0.2, -0.15) is 0 Å². The first-order valence-corrected chi connectivity index (χ1v) is 3.51. The summed E-state index contributed by atoms with van der Waals surface area (Å²) in [6.07, 6.45) is -5.94. The number of carbonyl (C=O) groups is 1. The Morgan fingerprint density at radius 2 is 1.83 bits per heavy atom. The van der Waals surface area contributed by atoms with E-state index in [2.05, 4.69) is 9.47 Å². The second-order valence-corrected chi connectivity index (χ2v) is 2.83. The van der Waals surface area contributed by atoms with E-state index in [1.807, 2.05) is 0 Å². The van der Waals surface area contributed by atoms with Crippen molar-refractivity contribution < 1.29 is 29.6 Å². The first kappa shape index (κ1) is 7.93. The minimum Gasteiger partial charge on any atom is -0.454 e. The van der Waals surface area contributed by atoms with E-state index in [0.29, 0.717) is 0 Å². The van der Waals surface area contributed by atoms with Gasteiger partial charge in [-0.15, -0.1) is 0 Å². The summed E-state index contributed by atoms with van der Waals surface area (Å²) in [6.45, 7) is 0. The van der Waals surface area contributed by atoms with Crippen LogP contribution in [0.5, 0.6) is 0 Å². The van der Waals surface area contributed by atoms with E-state index < -0.39 is 36.7 Å². The average Bonchev–Trinajstić information content (AvgIpc) is 2.43. The van der Waals surface area contributed by atoms with Gasteiger partial charge in [0.05, 0.1) is 0 Å². The van der Waals surface area contributed by atoms with Gasteiger partial charge in [-0.05, 0) is 0 Å². The summed E-state index contributed by atoms with van der Waals surface area (Å²) in [4.78, 5) is 10.7. The number of fused-ring (bicyclic) bond motifs is 1. The molecule has 0 aliphatic carbocycles. The van der Waals surface area contributed by atoms with Crippen LogP contribution in [0.3, 0.4) is 0 Å². The standard InChI is InChI=1S/C6H8O6/c7-1-3-4(12-5(1)9)2(8)6(10)11-3/h1-5,7-9H/t1?,2-,3?,4+,5-/m0/s1. The van der Waals surface area contributed by atoms with Crippen molar-refractivity contribution in [3.8, 4) is 0 Å². The molecule has 6 nitrogen and oxygen atoms in total. The van der Waals surface area contributed by atoms with E-state index in [-0.39, 0.29) is 0 Å². The van der Waals surface area contributed by atoms with Gasteiger partial charge in [-0.3, -0.25) is 0 Å². The van der Waals surface area contributed by atoms with Crippen molar-refractivity contribution in [3.63, 3.8) is 0 Å². The Hall–Kier alpha value is -0.690. The van der Waals surface area contributed by atoms with Crippen LogP contribution < -0.4 is 0 Å². The third-order valence-corrected chi connectivity index (χ3v) is 2.05. The highest BCUT2D eigenvalue weighted by Gasteiger charge is 2.56. The average molecular weight is 176 g/mol. The zero-order valence-corrected chi connectivity index (χ0v) is 5.95. The molecule has 0 spiro atoms. The van der Waals surface area contributed by atoms with Crippen LogP contribution in [-0.2, 0) is 14.3 Å². The lowest BCUT2D eigenvalue weighted by Crippen LogP contribution is -2.32. The molecule has 12 heavy (non-hydrogen) atoms. The van der Waals surface area contributed by atoms with Crippen LogP contribution in [-0.4, -0.2) is 52.0 Å². The smallest absolute Gasteiger partial charge is 0.338 e. The van der Waals surface area contributed by atoms with Crippen LogP contribution in [0.25, 0.3) is 0 Å². The van der Waals surface area contributed by atoms with Crippen LogP contribution in [0.4, 0.5) is 0 Å². The molecule has 2 rings (SSSR count). The Labute approximate surface area is 67.3 Å². The van der Waals surface area contributed by atoms with Gasteiger partial charge >= 0.3 is 5.97 Å². The minimum atomic E-state index is -1.40. The summed E-state index contributed by atoms with van der Waals surface area (Å²) in [5, 5.41) is 27.2. The highest BCUT2D eigenvalue weighted by Crippen LogP contribution is 2.30. The SMILES string of the molecule is O=C1OC2C(O)[C@@H](O)O[C@@H]2[C@@H]1O. The minimum absolute atomic E-state index is 0.823. The number of rotatable bonds is 0. The predicted molar refractivity (Wildman–Crippen MR) is 32.8 cm³/mol.